The molecule has 0 atom stereocenters. The van der Waals surface area contributed by atoms with Gasteiger partial charge in [-0.25, -0.2) is 22.9 Å². The van der Waals surface area contributed by atoms with Crippen molar-refractivity contribution in [2.24, 2.45) is 5.92 Å². The summed E-state index contributed by atoms with van der Waals surface area (Å²) in [5, 5.41) is 8.88. The normalized spacial score (nSPS) is 11.7. The van der Waals surface area contributed by atoms with Gasteiger partial charge in [0.2, 0.25) is 0 Å². The van der Waals surface area contributed by atoms with E-state index in [2.05, 4.69) is 9.97 Å². The van der Waals surface area contributed by atoms with Gasteiger partial charge in [-0.05, 0) is 24.5 Å². The van der Waals surface area contributed by atoms with Crippen LogP contribution in [0.5, 0.6) is 0 Å². The lowest BCUT2D eigenvalue weighted by Crippen LogP contribution is -2.28. The van der Waals surface area contributed by atoms with Gasteiger partial charge in [-0.3, -0.25) is 4.98 Å². The zero-order valence-electron chi connectivity index (χ0n) is 15.4. The van der Waals surface area contributed by atoms with Crippen LogP contribution in [0.4, 0.5) is 4.79 Å². The summed E-state index contributed by atoms with van der Waals surface area (Å²) < 4.78 is 28.5. The monoisotopic (exact) mass is 420 g/mol. The van der Waals surface area contributed by atoms with Crippen molar-refractivity contribution in [3.05, 3.63) is 53.7 Å². The van der Waals surface area contributed by atoms with Crippen molar-refractivity contribution in [1.82, 2.24) is 19.3 Å². The first-order valence-corrected chi connectivity index (χ1v) is 10.8. The second-order valence-corrected chi connectivity index (χ2v) is 9.71. The Morgan fingerprint density at radius 3 is 2.71 bits per heavy atom. The average Bonchev–Trinajstić information content (AvgIpc) is 3.24. The lowest BCUT2D eigenvalue weighted by Gasteiger charge is -2.06. The first-order valence-electron chi connectivity index (χ1n) is 8.54. The number of imidazole rings is 1. The minimum atomic E-state index is -4.18. The Balaban J connectivity index is 1.97. The Hall–Kier alpha value is -2.72. The molecule has 0 aromatic carbocycles. The van der Waals surface area contributed by atoms with Gasteiger partial charge < -0.3 is 9.67 Å². The molecule has 0 spiro atoms. The SMILES string of the molecule is CC(C)Cc1cc(-c2ccc(Cn3ccnc3)nc2)c(S(=O)(=O)NC(=O)O)s1. The molecule has 0 fully saturated rings. The maximum atomic E-state index is 12.5. The highest BCUT2D eigenvalue weighted by Gasteiger charge is 2.25. The minimum Gasteiger partial charge on any atom is -0.464 e. The number of amides is 1. The Morgan fingerprint density at radius 2 is 2.14 bits per heavy atom. The van der Waals surface area contributed by atoms with Gasteiger partial charge in [0.1, 0.15) is 4.21 Å². The third-order valence-corrected chi connectivity index (χ3v) is 6.88. The number of nitrogens with zero attached hydrogens (tertiary/aromatic N) is 3. The summed E-state index contributed by atoms with van der Waals surface area (Å²) in [6.45, 7) is 4.62. The van der Waals surface area contributed by atoms with Crippen LogP contribution in [-0.4, -0.2) is 34.2 Å². The molecule has 0 aliphatic heterocycles. The maximum Gasteiger partial charge on any atom is 0.418 e. The number of sulfonamides is 1. The molecule has 0 radical (unpaired) electrons. The molecule has 10 heteroatoms. The maximum absolute atomic E-state index is 12.5. The summed E-state index contributed by atoms with van der Waals surface area (Å²) >= 11 is 1.09. The van der Waals surface area contributed by atoms with Crippen molar-refractivity contribution >= 4 is 27.5 Å². The summed E-state index contributed by atoms with van der Waals surface area (Å²) in [6.07, 6.45) is 5.89. The molecule has 0 bridgehead atoms. The molecule has 8 nitrogen and oxygen atoms in total. The average molecular weight is 421 g/mol. The number of pyridine rings is 1. The number of rotatable bonds is 7. The van der Waals surface area contributed by atoms with E-state index in [9.17, 15) is 13.2 Å². The molecule has 0 unspecified atom stereocenters. The molecule has 3 aromatic rings. The second kappa shape index (κ2) is 8.11. The molecular formula is C18H20N4O4S2. The van der Waals surface area contributed by atoms with E-state index in [1.165, 1.54) is 0 Å². The lowest BCUT2D eigenvalue weighted by atomic mass is 10.1. The zero-order chi connectivity index (χ0) is 20.3. The van der Waals surface area contributed by atoms with Crippen LogP contribution in [0, 0.1) is 5.92 Å². The summed E-state index contributed by atoms with van der Waals surface area (Å²) in [5.74, 6) is 0.338. The molecule has 0 saturated heterocycles. The van der Waals surface area contributed by atoms with Gasteiger partial charge in [0, 0.05) is 34.6 Å². The third kappa shape index (κ3) is 4.76. The third-order valence-electron chi connectivity index (χ3n) is 3.86. The Bertz CT molecular complexity index is 1060. The van der Waals surface area contributed by atoms with Crippen molar-refractivity contribution in [2.75, 3.05) is 0 Å². The number of carbonyl (C=O) groups is 1. The van der Waals surface area contributed by atoms with Gasteiger partial charge in [-0.15, -0.1) is 11.3 Å². The molecular weight excluding hydrogens is 400 g/mol. The molecule has 148 valence electrons. The standard InChI is InChI=1S/C18H20N4O4S2/c1-12(2)7-15-8-16(17(27-15)28(25,26)21-18(23)24)13-3-4-14(20-9-13)10-22-6-5-19-11-22/h3-6,8-9,11-12,21H,7,10H2,1-2H3,(H,23,24). The van der Waals surface area contributed by atoms with E-state index in [-0.39, 0.29) is 4.21 Å². The number of aromatic nitrogens is 3. The van der Waals surface area contributed by atoms with Crippen LogP contribution in [0.25, 0.3) is 11.1 Å². The van der Waals surface area contributed by atoms with Crippen LogP contribution >= 0.6 is 11.3 Å². The molecule has 2 N–H and O–H groups in total. The molecule has 1 amide bonds. The summed E-state index contributed by atoms with van der Waals surface area (Å²) in [7, 11) is -4.18. The fourth-order valence-electron chi connectivity index (χ4n) is 2.73. The molecule has 0 aliphatic rings. The van der Waals surface area contributed by atoms with Crippen molar-refractivity contribution in [3.63, 3.8) is 0 Å². The van der Waals surface area contributed by atoms with E-state index in [1.54, 1.807) is 35.6 Å². The van der Waals surface area contributed by atoms with Crippen molar-refractivity contribution in [1.29, 1.82) is 0 Å². The van der Waals surface area contributed by atoms with Crippen LogP contribution < -0.4 is 4.72 Å². The predicted molar refractivity (Wildman–Crippen MR) is 106 cm³/mol. The van der Waals surface area contributed by atoms with Gasteiger partial charge >= 0.3 is 6.09 Å². The first-order chi connectivity index (χ1) is 13.2. The largest absolute Gasteiger partial charge is 0.464 e. The zero-order valence-corrected chi connectivity index (χ0v) is 17.0. The Labute approximate surface area is 167 Å². The summed E-state index contributed by atoms with van der Waals surface area (Å²) in [4.78, 5) is 20.2. The van der Waals surface area contributed by atoms with Crippen molar-refractivity contribution in [2.45, 2.75) is 31.0 Å². The van der Waals surface area contributed by atoms with Crippen LogP contribution in [0.3, 0.4) is 0 Å². The summed E-state index contributed by atoms with van der Waals surface area (Å²) in [6, 6.07) is 5.41. The number of hydrogen-bond donors (Lipinski definition) is 2. The molecule has 0 saturated carbocycles. The van der Waals surface area contributed by atoms with Crippen LogP contribution in [0.1, 0.15) is 24.4 Å². The second-order valence-electron chi connectivity index (χ2n) is 6.70. The molecule has 3 rings (SSSR count). The lowest BCUT2D eigenvalue weighted by molar-refractivity contribution is 0.201. The molecule has 3 aromatic heterocycles. The number of hydrogen-bond acceptors (Lipinski definition) is 6. The van der Waals surface area contributed by atoms with Gasteiger partial charge in [-0.2, -0.15) is 0 Å². The van der Waals surface area contributed by atoms with Crippen molar-refractivity contribution in [3.8, 4) is 11.1 Å². The molecule has 0 aliphatic carbocycles. The highest BCUT2D eigenvalue weighted by molar-refractivity contribution is 7.92. The molecule has 3 heterocycles. The van der Waals surface area contributed by atoms with E-state index in [0.29, 0.717) is 30.0 Å². The fraction of sp³-hybridized carbons (Fsp3) is 0.278. The minimum absolute atomic E-state index is 0.0188. The highest BCUT2D eigenvalue weighted by atomic mass is 32.2. The highest BCUT2D eigenvalue weighted by Crippen LogP contribution is 2.36. The Morgan fingerprint density at radius 1 is 1.36 bits per heavy atom. The van der Waals surface area contributed by atoms with Crippen LogP contribution in [-0.2, 0) is 23.0 Å². The number of nitrogens with one attached hydrogen (secondary N) is 1. The van der Waals surface area contributed by atoms with E-state index in [1.807, 2.05) is 30.7 Å². The quantitative estimate of drug-likeness (QED) is 0.607. The number of thiophene rings is 1. The predicted octanol–water partition coefficient (Wildman–Crippen LogP) is 3.21. The Kier molecular flexibility index (Phi) is 5.80. The van der Waals surface area contributed by atoms with Gasteiger partial charge in [0.05, 0.1) is 18.6 Å². The van der Waals surface area contributed by atoms with Gasteiger partial charge in [-0.1, -0.05) is 19.9 Å². The van der Waals surface area contributed by atoms with E-state index >= 15 is 0 Å². The fourth-order valence-corrected chi connectivity index (χ4v) is 5.53. The van der Waals surface area contributed by atoms with E-state index < -0.39 is 16.1 Å². The van der Waals surface area contributed by atoms with E-state index in [4.69, 9.17) is 5.11 Å². The van der Waals surface area contributed by atoms with Crippen LogP contribution in [0.2, 0.25) is 0 Å². The van der Waals surface area contributed by atoms with E-state index in [0.717, 1.165) is 21.9 Å². The van der Waals surface area contributed by atoms with Gasteiger partial charge in [0.15, 0.2) is 0 Å². The number of carboxylic acid groups (broad SMARTS) is 1. The van der Waals surface area contributed by atoms with Gasteiger partial charge in [0.25, 0.3) is 10.0 Å². The smallest absolute Gasteiger partial charge is 0.418 e. The topological polar surface area (TPSA) is 114 Å². The first kappa shape index (κ1) is 20.0. The van der Waals surface area contributed by atoms with Crippen LogP contribution in [0.15, 0.2) is 47.3 Å². The van der Waals surface area contributed by atoms with Crippen molar-refractivity contribution < 1.29 is 18.3 Å². The summed E-state index contributed by atoms with van der Waals surface area (Å²) in [5.41, 5.74) is 1.87. The molecule has 28 heavy (non-hydrogen) atoms.